The normalized spacial score (nSPS) is 18.1. The van der Waals surface area contributed by atoms with Gasteiger partial charge < -0.3 is 10.4 Å². The lowest BCUT2D eigenvalue weighted by Gasteiger charge is -2.32. The summed E-state index contributed by atoms with van der Waals surface area (Å²) in [5, 5.41) is 12.8. The zero-order valence-corrected chi connectivity index (χ0v) is 9.73. The SMILES string of the molecule is OC[C@H](CNCc1ccccc1)C1CCC1. The molecule has 2 nitrogen and oxygen atoms in total. The molecule has 2 N–H and O–H groups in total. The number of hydrogen-bond acceptors (Lipinski definition) is 2. The highest BCUT2D eigenvalue weighted by molar-refractivity contribution is 5.14. The Balaban J connectivity index is 1.70. The fourth-order valence-electron chi connectivity index (χ4n) is 2.29. The molecular formula is C14H21NO. The molecule has 1 aliphatic carbocycles. The van der Waals surface area contributed by atoms with Crippen molar-refractivity contribution in [2.24, 2.45) is 11.8 Å². The van der Waals surface area contributed by atoms with Crippen LogP contribution in [0.5, 0.6) is 0 Å². The Morgan fingerprint density at radius 3 is 2.56 bits per heavy atom. The van der Waals surface area contributed by atoms with Gasteiger partial charge in [-0.05, 0) is 17.4 Å². The van der Waals surface area contributed by atoms with E-state index in [-0.39, 0.29) is 0 Å². The molecule has 16 heavy (non-hydrogen) atoms. The zero-order valence-electron chi connectivity index (χ0n) is 9.73. The molecule has 1 saturated carbocycles. The van der Waals surface area contributed by atoms with E-state index in [4.69, 9.17) is 0 Å². The van der Waals surface area contributed by atoms with E-state index in [1.165, 1.54) is 24.8 Å². The smallest absolute Gasteiger partial charge is 0.0474 e. The van der Waals surface area contributed by atoms with E-state index in [1.54, 1.807) is 0 Å². The van der Waals surface area contributed by atoms with E-state index in [0.717, 1.165) is 19.0 Å². The van der Waals surface area contributed by atoms with Gasteiger partial charge in [-0.15, -0.1) is 0 Å². The van der Waals surface area contributed by atoms with Gasteiger partial charge in [-0.25, -0.2) is 0 Å². The quantitative estimate of drug-likeness (QED) is 0.768. The summed E-state index contributed by atoms with van der Waals surface area (Å²) >= 11 is 0. The largest absolute Gasteiger partial charge is 0.396 e. The monoisotopic (exact) mass is 219 g/mol. The highest BCUT2D eigenvalue weighted by atomic mass is 16.3. The van der Waals surface area contributed by atoms with Crippen LogP contribution in [0, 0.1) is 11.8 Å². The van der Waals surface area contributed by atoms with Crippen LogP contribution in [0.3, 0.4) is 0 Å². The number of benzene rings is 1. The second-order valence-electron chi connectivity index (χ2n) is 4.75. The minimum absolute atomic E-state index is 0.326. The molecule has 1 aromatic rings. The van der Waals surface area contributed by atoms with Gasteiger partial charge in [0.15, 0.2) is 0 Å². The zero-order chi connectivity index (χ0) is 11.2. The molecule has 0 unspecified atom stereocenters. The maximum absolute atomic E-state index is 9.32. The minimum atomic E-state index is 0.326. The van der Waals surface area contributed by atoms with Crippen LogP contribution < -0.4 is 5.32 Å². The molecule has 2 rings (SSSR count). The van der Waals surface area contributed by atoms with Gasteiger partial charge in [-0.3, -0.25) is 0 Å². The molecule has 0 spiro atoms. The average Bonchev–Trinajstić information content (AvgIpc) is 2.26. The van der Waals surface area contributed by atoms with Crippen LogP contribution in [0.15, 0.2) is 30.3 Å². The van der Waals surface area contributed by atoms with Gasteiger partial charge in [0.05, 0.1) is 0 Å². The molecule has 0 saturated heterocycles. The van der Waals surface area contributed by atoms with Crippen molar-refractivity contribution in [3.05, 3.63) is 35.9 Å². The van der Waals surface area contributed by atoms with Gasteiger partial charge in [0, 0.05) is 19.7 Å². The standard InChI is InChI=1S/C14H21NO/c16-11-14(13-7-4-8-13)10-15-9-12-5-2-1-3-6-12/h1-3,5-6,13-16H,4,7-11H2/t14-/m0/s1. The van der Waals surface area contributed by atoms with Gasteiger partial charge in [-0.2, -0.15) is 0 Å². The first kappa shape index (κ1) is 11.6. The highest BCUT2D eigenvalue weighted by Crippen LogP contribution is 2.32. The Bertz CT molecular complexity index is 295. The topological polar surface area (TPSA) is 32.3 Å². The number of hydrogen-bond donors (Lipinski definition) is 2. The van der Waals surface area contributed by atoms with Gasteiger partial charge in [-0.1, -0.05) is 49.6 Å². The fourth-order valence-corrected chi connectivity index (χ4v) is 2.29. The van der Waals surface area contributed by atoms with Crippen molar-refractivity contribution >= 4 is 0 Å². The predicted molar refractivity (Wildman–Crippen MR) is 66.1 cm³/mol. The molecule has 1 aliphatic rings. The molecule has 0 heterocycles. The van der Waals surface area contributed by atoms with Crippen molar-refractivity contribution in [2.75, 3.05) is 13.2 Å². The molecule has 0 aromatic heterocycles. The van der Waals surface area contributed by atoms with Crippen LogP contribution in [-0.4, -0.2) is 18.3 Å². The number of aliphatic hydroxyl groups excluding tert-OH is 1. The summed E-state index contributed by atoms with van der Waals surface area (Å²) in [6, 6.07) is 10.4. The lowest BCUT2D eigenvalue weighted by molar-refractivity contribution is 0.122. The van der Waals surface area contributed by atoms with Gasteiger partial charge >= 0.3 is 0 Å². The molecule has 0 bridgehead atoms. The number of aliphatic hydroxyl groups is 1. The highest BCUT2D eigenvalue weighted by Gasteiger charge is 2.26. The molecule has 1 atom stereocenters. The molecule has 0 aliphatic heterocycles. The second-order valence-corrected chi connectivity index (χ2v) is 4.75. The summed E-state index contributed by atoms with van der Waals surface area (Å²) in [5.74, 6) is 1.21. The maximum Gasteiger partial charge on any atom is 0.0474 e. The predicted octanol–water partition coefficient (Wildman–Crippen LogP) is 2.18. The van der Waals surface area contributed by atoms with Crippen LogP contribution >= 0.6 is 0 Å². The van der Waals surface area contributed by atoms with Crippen molar-refractivity contribution in [3.63, 3.8) is 0 Å². The third kappa shape index (κ3) is 3.06. The molecule has 0 amide bonds. The summed E-state index contributed by atoms with van der Waals surface area (Å²) < 4.78 is 0. The Labute approximate surface area is 97.7 Å². The van der Waals surface area contributed by atoms with E-state index < -0.39 is 0 Å². The molecular weight excluding hydrogens is 198 g/mol. The lowest BCUT2D eigenvalue weighted by Crippen LogP contribution is -2.33. The van der Waals surface area contributed by atoms with Crippen LogP contribution in [0.25, 0.3) is 0 Å². The minimum Gasteiger partial charge on any atom is -0.396 e. The fraction of sp³-hybridized carbons (Fsp3) is 0.571. The van der Waals surface area contributed by atoms with E-state index >= 15 is 0 Å². The molecule has 1 fully saturated rings. The van der Waals surface area contributed by atoms with Crippen molar-refractivity contribution in [3.8, 4) is 0 Å². The molecule has 2 heteroatoms. The van der Waals surface area contributed by atoms with Crippen molar-refractivity contribution in [1.29, 1.82) is 0 Å². The Hall–Kier alpha value is -0.860. The van der Waals surface area contributed by atoms with Crippen LogP contribution in [0.1, 0.15) is 24.8 Å². The summed E-state index contributed by atoms with van der Waals surface area (Å²) in [6.07, 6.45) is 3.95. The van der Waals surface area contributed by atoms with E-state index in [9.17, 15) is 5.11 Å². The third-order valence-electron chi connectivity index (χ3n) is 3.63. The third-order valence-corrected chi connectivity index (χ3v) is 3.63. The Kier molecular flexibility index (Phi) is 4.37. The van der Waals surface area contributed by atoms with Crippen molar-refractivity contribution < 1.29 is 5.11 Å². The summed E-state index contributed by atoms with van der Waals surface area (Å²) in [6.45, 7) is 2.17. The second kappa shape index (κ2) is 6.02. The molecule has 1 aromatic carbocycles. The summed E-state index contributed by atoms with van der Waals surface area (Å²) in [4.78, 5) is 0. The van der Waals surface area contributed by atoms with Crippen LogP contribution in [0.2, 0.25) is 0 Å². The van der Waals surface area contributed by atoms with Gasteiger partial charge in [0.2, 0.25) is 0 Å². The first-order valence-electron chi connectivity index (χ1n) is 6.25. The van der Waals surface area contributed by atoms with Gasteiger partial charge in [0.25, 0.3) is 0 Å². The lowest BCUT2D eigenvalue weighted by atomic mass is 9.76. The first-order valence-corrected chi connectivity index (χ1v) is 6.25. The molecule has 88 valence electrons. The number of nitrogens with one attached hydrogen (secondary N) is 1. The summed E-state index contributed by atoms with van der Waals surface area (Å²) in [7, 11) is 0. The van der Waals surface area contributed by atoms with E-state index in [1.807, 2.05) is 6.07 Å². The Morgan fingerprint density at radius 2 is 2.00 bits per heavy atom. The Morgan fingerprint density at radius 1 is 1.25 bits per heavy atom. The average molecular weight is 219 g/mol. The van der Waals surface area contributed by atoms with E-state index in [2.05, 4.69) is 29.6 Å². The molecule has 0 radical (unpaired) electrons. The number of rotatable bonds is 6. The summed E-state index contributed by atoms with van der Waals surface area (Å²) in [5.41, 5.74) is 1.31. The van der Waals surface area contributed by atoms with Gasteiger partial charge in [0.1, 0.15) is 0 Å². The maximum atomic E-state index is 9.32. The van der Waals surface area contributed by atoms with Crippen molar-refractivity contribution in [2.45, 2.75) is 25.8 Å². The van der Waals surface area contributed by atoms with E-state index in [0.29, 0.717) is 12.5 Å². The van der Waals surface area contributed by atoms with Crippen molar-refractivity contribution in [1.82, 2.24) is 5.32 Å². The van der Waals surface area contributed by atoms with Crippen LogP contribution in [0.4, 0.5) is 0 Å². The van der Waals surface area contributed by atoms with Crippen LogP contribution in [-0.2, 0) is 6.54 Å². The first-order chi connectivity index (χ1) is 7.90.